The van der Waals surface area contributed by atoms with Gasteiger partial charge in [-0.05, 0) is 55.7 Å². The van der Waals surface area contributed by atoms with Gasteiger partial charge in [-0.25, -0.2) is 18.1 Å². The maximum atomic E-state index is 14.5. The number of benzene rings is 1. The molecule has 0 radical (unpaired) electrons. The predicted molar refractivity (Wildman–Crippen MR) is 130 cm³/mol. The van der Waals surface area contributed by atoms with Gasteiger partial charge in [0.05, 0.1) is 23.3 Å². The highest BCUT2D eigenvalue weighted by Crippen LogP contribution is 2.38. The summed E-state index contributed by atoms with van der Waals surface area (Å²) in [4.78, 5) is 26.5. The lowest BCUT2D eigenvalue weighted by Gasteiger charge is -2.27. The largest absolute Gasteiger partial charge is 0.476 e. The van der Waals surface area contributed by atoms with E-state index in [4.69, 9.17) is 0 Å². The second-order valence-corrected chi connectivity index (χ2v) is 9.50. The van der Waals surface area contributed by atoms with E-state index >= 15 is 0 Å². The fourth-order valence-electron chi connectivity index (χ4n) is 5.43. The zero-order valence-corrected chi connectivity index (χ0v) is 19.8. The van der Waals surface area contributed by atoms with E-state index in [-0.39, 0.29) is 23.7 Å². The first-order chi connectivity index (χ1) is 17.9. The third-order valence-electron chi connectivity index (χ3n) is 7.21. The van der Waals surface area contributed by atoms with Crippen LogP contribution in [0.3, 0.4) is 0 Å². The normalized spacial score (nSPS) is 19.2. The van der Waals surface area contributed by atoms with Gasteiger partial charge in [-0.3, -0.25) is 9.48 Å². The van der Waals surface area contributed by atoms with Crippen molar-refractivity contribution in [1.29, 1.82) is 0 Å². The molecular formula is C26H24F2N6O3. The molecule has 1 fully saturated rings. The van der Waals surface area contributed by atoms with E-state index in [2.05, 4.69) is 15.5 Å². The van der Waals surface area contributed by atoms with Crippen LogP contribution < -0.4 is 10.2 Å². The SMILES string of the molecule is O=C(O)c1cc2n(n1)CCC(NC(=O)c1cnn3ccc(N4CCC[C@@H]4c4cc(F)ccc4F)cc13)C2. The quantitative estimate of drug-likeness (QED) is 0.429. The minimum atomic E-state index is -1.08. The summed E-state index contributed by atoms with van der Waals surface area (Å²) in [5, 5.41) is 20.6. The van der Waals surface area contributed by atoms with E-state index in [1.54, 1.807) is 15.4 Å². The fourth-order valence-corrected chi connectivity index (χ4v) is 5.43. The number of nitrogens with zero attached hydrogens (tertiary/aromatic N) is 5. The molecule has 11 heteroatoms. The summed E-state index contributed by atoms with van der Waals surface area (Å²) < 4.78 is 31.7. The topological polar surface area (TPSA) is 105 Å². The van der Waals surface area contributed by atoms with Gasteiger partial charge in [0, 0.05) is 48.7 Å². The first-order valence-corrected chi connectivity index (χ1v) is 12.2. The van der Waals surface area contributed by atoms with Gasteiger partial charge in [0.15, 0.2) is 5.69 Å². The number of nitrogens with one attached hydrogen (secondary N) is 1. The number of hydrogen-bond donors (Lipinski definition) is 2. The summed E-state index contributed by atoms with van der Waals surface area (Å²) in [6.45, 7) is 1.19. The van der Waals surface area contributed by atoms with Crippen LogP contribution in [-0.2, 0) is 13.0 Å². The van der Waals surface area contributed by atoms with Crippen LogP contribution in [0.2, 0.25) is 0 Å². The number of halogens is 2. The highest BCUT2D eigenvalue weighted by molar-refractivity contribution is 6.01. The van der Waals surface area contributed by atoms with Crippen LogP contribution in [0, 0.1) is 11.6 Å². The Morgan fingerprint density at radius 1 is 1.08 bits per heavy atom. The van der Waals surface area contributed by atoms with Crippen molar-refractivity contribution < 1.29 is 23.5 Å². The molecule has 1 amide bonds. The molecule has 2 aliphatic rings. The molecule has 1 aromatic carbocycles. The molecule has 1 saturated heterocycles. The fraction of sp³-hybridized carbons (Fsp3) is 0.308. The number of amides is 1. The molecule has 37 heavy (non-hydrogen) atoms. The number of pyridine rings is 1. The first-order valence-electron chi connectivity index (χ1n) is 12.2. The molecule has 2 N–H and O–H groups in total. The van der Waals surface area contributed by atoms with Crippen molar-refractivity contribution in [2.75, 3.05) is 11.4 Å². The van der Waals surface area contributed by atoms with E-state index in [0.29, 0.717) is 49.0 Å². The molecule has 1 unspecified atom stereocenters. The molecule has 0 bridgehead atoms. The standard InChI is InChI=1S/C26H24F2N6O3/c27-15-3-4-21(28)19(10-15)23-2-1-7-32(23)17-6-9-34-24(13-17)20(14-29-34)25(35)30-16-5-8-33-18(11-16)12-22(31-33)26(36)37/h3-4,6,9-10,12-14,16,23H,1-2,5,7-8,11H2,(H,30,35)(H,36,37)/t16?,23-/m1/s1. The molecule has 5 heterocycles. The van der Waals surface area contributed by atoms with Gasteiger partial charge in [0.2, 0.25) is 0 Å². The Balaban J connectivity index is 1.24. The zero-order valence-electron chi connectivity index (χ0n) is 19.8. The Hall–Kier alpha value is -4.28. The van der Waals surface area contributed by atoms with Crippen molar-refractivity contribution in [3.05, 3.63) is 82.9 Å². The van der Waals surface area contributed by atoms with Gasteiger partial charge >= 0.3 is 5.97 Å². The van der Waals surface area contributed by atoms with Crippen LogP contribution in [0.4, 0.5) is 14.5 Å². The smallest absolute Gasteiger partial charge is 0.356 e. The molecule has 2 aliphatic heterocycles. The molecule has 190 valence electrons. The van der Waals surface area contributed by atoms with Crippen LogP contribution in [0.25, 0.3) is 5.52 Å². The Labute approximate surface area is 210 Å². The monoisotopic (exact) mass is 506 g/mol. The lowest BCUT2D eigenvalue weighted by atomic mass is 10.0. The summed E-state index contributed by atoms with van der Waals surface area (Å²) in [6.07, 6.45) is 5.90. The minimum Gasteiger partial charge on any atom is -0.476 e. The lowest BCUT2D eigenvalue weighted by Crippen LogP contribution is -2.40. The molecule has 4 aromatic rings. The summed E-state index contributed by atoms with van der Waals surface area (Å²) in [7, 11) is 0. The van der Waals surface area contributed by atoms with Crippen LogP contribution in [0.5, 0.6) is 0 Å². The van der Waals surface area contributed by atoms with Gasteiger partial charge in [-0.15, -0.1) is 0 Å². The van der Waals surface area contributed by atoms with Gasteiger partial charge < -0.3 is 15.3 Å². The molecular weight excluding hydrogens is 482 g/mol. The van der Waals surface area contributed by atoms with Crippen molar-refractivity contribution in [2.24, 2.45) is 0 Å². The van der Waals surface area contributed by atoms with E-state index in [1.165, 1.54) is 18.3 Å². The van der Waals surface area contributed by atoms with E-state index in [9.17, 15) is 23.5 Å². The second kappa shape index (κ2) is 8.99. The van der Waals surface area contributed by atoms with E-state index in [1.807, 2.05) is 17.0 Å². The van der Waals surface area contributed by atoms with Crippen molar-refractivity contribution in [1.82, 2.24) is 24.7 Å². The number of fused-ring (bicyclic) bond motifs is 2. The average molecular weight is 507 g/mol. The number of rotatable bonds is 5. The van der Waals surface area contributed by atoms with Crippen LogP contribution in [0.1, 0.15) is 57.4 Å². The van der Waals surface area contributed by atoms with Gasteiger partial charge in [0.1, 0.15) is 11.6 Å². The Kier molecular flexibility index (Phi) is 5.62. The second-order valence-electron chi connectivity index (χ2n) is 9.50. The minimum absolute atomic E-state index is 0.00419. The third-order valence-corrected chi connectivity index (χ3v) is 7.21. The van der Waals surface area contributed by atoms with Crippen molar-refractivity contribution in [3.63, 3.8) is 0 Å². The Morgan fingerprint density at radius 3 is 2.78 bits per heavy atom. The van der Waals surface area contributed by atoms with E-state index in [0.717, 1.165) is 29.9 Å². The number of anilines is 1. The summed E-state index contributed by atoms with van der Waals surface area (Å²) in [5.41, 5.74) is 2.90. The Bertz CT molecular complexity index is 1530. The molecule has 0 spiro atoms. The third kappa shape index (κ3) is 4.20. The predicted octanol–water partition coefficient (Wildman–Crippen LogP) is 3.59. The number of hydrogen-bond acceptors (Lipinski definition) is 5. The number of aromatic nitrogens is 4. The van der Waals surface area contributed by atoms with Crippen molar-refractivity contribution in [2.45, 2.75) is 44.3 Å². The summed E-state index contributed by atoms with van der Waals surface area (Å²) in [6, 6.07) is 8.31. The maximum Gasteiger partial charge on any atom is 0.356 e. The van der Waals surface area contributed by atoms with Crippen LogP contribution in [0.15, 0.2) is 48.8 Å². The molecule has 0 saturated carbocycles. The van der Waals surface area contributed by atoms with Crippen LogP contribution in [-0.4, -0.2) is 49.0 Å². The molecule has 2 atom stereocenters. The number of aromatic carboxylic acids is 1. The number of carboxylic acids is 1. The molecule has 9 nitrogen and oxygen atoms in total. The average Bonchev–Trinajstić information content (AvgIpc) is 3.62. The number of carbonyl (C=O) groups excluding carboxylic acids is 1. The summed E-state index contributed by atoms with van der Waals surface area (Å²) in [5.74, 6) is -2.27. The molecule has 6 rings (SSSR count). The van der Waals surface area contributed by atoms with E-state index < -0.39 is 17.6 Å². The summed E-state index contributed by atoms with van der Waals surface area (Å²) >= 11 is 0. The highest BCUT2D eigenvalue weighted by Gasteiger charge is 2.30. The zero-order chi connectivity index (χ0) is 25.7. The van der Waals surface area contributed by atoms with Gasteiger partial charge in [-0.2, -0.15) is 10.2 Å². The number of carboxylic acid groups (broad SMARTS) is 1. The van der Waals surface area contributed by atoms with Gasteiger partial charge in [0.25, 0.3) is 5.91 Å². The van der Waals surface area contributed by atoms with Crippen molar-refractivity contribution in [3.8, 4) is 0 Å². The first kappa shape index (κ1) is 23.1. The maximum absolute atomic E-state index is 14.5. The van der Waals surface area contributed by atoms with Crippen molar-refractivity contribution >= 4 is 23.1 Å². The highest BCUT2D eigenvalue weighted by atomic mass is 19.1. The number of aryl methyl sites for hydroxylation is 1. The molecule has 3 aromatic heterocycles. The lowest BCUT2D eigenvalue weighted by molar-refractivity contribution is 0.0689. The molecule has 0 aliphatic carbocycles. The van der Waals surface area contributed by atoms with Gasteiger partial charge in [-0.1, -0.05) is 0 Å². The van der Waals surface area contributed by atoms with Crippen LogP contribution >= 0.6 is 0 Å². The Morgan fingerprint density at radius 2 is 1.95 bits per heavy atom. The number of carbonyl (C=O) groups is 2.